The zero-order chi connectivity index (χ0) is 8.39. The van der Waals surface area contributed by atoms with Crippen LogP contribution in [0.15, 0.2) is 0 Å². The second-order valence-corrected chi connectivity index (χ2v) is 4.18. The number of piperidine rings is 1. The molecule has 2 heterocycles. The summed E-state index contributed by atoms with van der Waals surface area (Å²) in [6, 6.07) is 0. The molecule has 2 saturated heterocycles. The quantitative estimate of drug-likeness (QED) is 0.671. The van der Waals surface area contributed by atoms with Gasteiger partial charge in [0.05, 0.1) is 6.17 Å². The van der Waals surface area contributed by atoms with Gasteiger partial charge in [-0.2, -0.15) is 0 Å². The summed E-state index contributed by atoms with van der Waals surface area (Å²) in [5, 5.41) is 3.57. The van der Waals surface area contributed by atoms with E-state index < -0.39 is 0 Å². The van der Waals surface area contributed by atoms with Crippen LogP contribution < -0.4 is 5.32 Å². The maximum Gasteiger partial charge on any atom is 0.0600 e. The SMILES string of the molecule is CCCC1CCN2CCNC2C1. The number of hydrogen-bond acceptors (Lipinski definition) is 2. The van der Waals surface area contributed by atoms with Crippen molar-refractivity contribution in [3.05, 3.63) is 0 Å². The first-order chi connectivity index (χ1) is 5.90. The molecule has 70 valence electrons. The van der Waals surface area contributed by atoms with Gasteiger partial charge in [0.1, 0.15) is 0 Å². The molecule has 2 aliphatic rings. The monoisotopic (exact) mass is 168 g/mol. The molecule has 2 unspecified atom stereocenters. The fourth-order valence-electron chi connectivity index (χ4n) is 2.61. The van der Waals surface area contributed by atoms with Gasteiger partial charge in [-0.3, -0.25) is 4.90 Å². The molecule has 0 radical (unpaired) electrons. The average Bonchev–Trinajstić information content (AvgIpc) is 2.51. The van der Waals surface area contributed by atoms with Crippen LogP contribution in [-0.4, -0.2) is 30.7 Å². The molecule has 0 bridgehead atoms. The minimum Gasteiger partial charge on any atom is -0.300 e. The van der Waals surface area contributed by atoms with Crippen molar-refractivity contribution in [3.8, 4) is 0 Å². The number of hydrogen-bond donors (Lipinski definition) is 1. The smallest absolute Gasteiger partial charge is 0.0600 e. The fraction of sp³-hybridized carbons (Fsp3) is 1.00. The van der Waals surface area contributed by atoms with E-state index in [9.17, 15) is 0 Å². The third kappa shape index (κ3) is 1.64. The van der Waals surface area contributed by atoms with Gasteiger partial charge in [-0.05, 0) is 25.3 Å². The summed E-state index contributed by atoms with van der Waals surface area (Å²) < 4.78 is 0. The van der Waals surface area contributed by atoms with E-state index >= 15 is 0 Å². The van der Waals surface area contributed by atoms with Crippen molar-refractivity contribution >= 4 is 0 Å². The van der Waals surface area contributed by atoms with Gasteiger partial charge in [-0.25, -0.2) is 0 Å². The van der Waals surface area contributed by atoms with Crippen LogP contribution in [0.3, 0.4) is 0 Å². The van der Waals surface area contributed by atoms with E-state index in [0.29, 0.717) is 0 Å². The Kier molecular flexibility index (Phi) is 2.66. The number of nitrogens with zero attached hydrogens (tertiary/aromatic N) is 1. The highest BCUT2D eigenvalue weighted by Gasteiger charge is 2.30. The van der Waals surface area contributed by atoms with Gasteiger partial charge >= 0.3 is 0 Å². The van der Waals surface area contributed by atoms with Crippen molar-refractivity contribution in [1.29, 1.82) is 0 Å². The summed E-state index contributed by atoms with van der Waals surface area (Å²) in [7, 11) is 0. The minimum atomic E-state index is 0.732. The normalized spacial score (nSPS) is 36.8. The van der Waals surface area contributed by atoms with E-state index in [1.807, 2.05) is 0 Å². The second kappa shape index (κ2) is 3.75. The van der Waals surface area contributed by atoms with E-state index in [4.69, 9.17) is 0 Å². The fourth-order valence-corrected chi connectivity index (χ4v) is 2.61. The molecular formula is C10H20N2. The van der Waals surface area contributed by atoms with Crippen molar-refractivity contribution in [2.45, 2.75) is 38.8 Å². The van der Waals surface area contributed by atoms with Crippen LogP contribution in [0, 0.1) is 5.92 Å². The minimum absolute atomic E-state index is 0.732. The second-order valence-electron chi connectivity index (χ2n) is 4.18. The van der Waals surface area contributed by atoms with Gasteiger partial charge in [-0.1, -0.05) is 19.8 Å². The van der Waals surface area contributed by atoms with E-state index in [0.717, 1.165) is 12.1 Å². The van der Waals surface area contributed by atoms with Gasteiger partial charge in [-0.15, -0.1) is 0 Å². The maximum absolute atomic E-state index is 3.57. The first-order valence-electron chi connectivity index (χ1n) is 5.37. The van der Waals surface area contributed by atoms with Gasteiger partial charge < -0.3 is 5.32 Å². The van der Waals surface area contributed by atoms with Crippen LogP contribution >= 0.6 is 0 Å². The van der Waals surface area contributed by atoms with Crippen molar-refractivity contribution < 1.29 is 0 Å². The summed E-state index contributed by atoms with van der Waals surface area (Å²) >= 11 is 0. The van der Waals surface area contributed by atoms with Gasteiger partial charge in [0, 0.05) is 13.1 Å². The number of nitrogens with one attached hydrogen (secondary N) is 1. The molecule has 0 amide bonds. The van der Waals surface area contributed by atoms with Crippen LogP contribution in [0.4, 0.5) is 0 Å². The van der Waals surface area contributed by atoms with Crippen LogP contribution in [0.1, 0.15) is 32.6 Å². The Bertz CT molecular complexity index is 147. The molecule has 0 aliphatic carbocycles. The largest absolute Gasteiger partial charge is 0.300 e. The van der Waals surface area contributed by atoms with Crippen LogP contribution in [0.25, 0.3) is 0 Å². The topological polar surface area (TPSA) is 15.3 Å². The molecule has 2 atom stereocenters. The van der Waals surface area contributed by atoms with Gasteiger partial charge in [0.15, 0.2) is 0 Å². The first-order valence-corrected chi connectivity index (χ1v) is 5.37. The van der Waals surface area contributed by atoms with E-state index in [1.165, 1.54) is 45.3 Å². The molecular weight excluding hydrogens is 148 g/mol. The van der Waals surface area contributed by atoms with Crippen LogP contribution in [0.2, 0.25) is 0 Å². The highest BCUT2D eigenvalue weighted by atomic mass is 15.3. The lowest BCUT2D eigenvalue weighted by Gasteiger charge is -2.34. The third-order valence-corrected chi connectivity index (χ3v) is 3.30. The Labute approximate surface area is 75.3 Å². The average molecular weight is 168 g/mol. The summed E-state index contributed by atoms with van der Waals surface area (Å²) in [5.41, 5.74) is 0. The Balaban J connectivity index is 1.84. The molecule has 2 heteroatoms. The Morgan fingerprint density at radius 1 is 1.42 bits per heavy atom. The Morgan fingerprint density at radius 2 is 2.33 bits per heavy atom. The van der Waals surface area contributed by atoms with Crippen LogP contribution in [-0.2, 0) is 0 Å². The van der Waals surface area contributed by atoms with Gasteiger partial charge in [0.25, 0.3) is 0 Å². The predicted molar refractivity (Wildman–Crippen MR) is 51.0 cm³/mol. The summed E-state index contributed by atoms with van der Waals surface area (Å²) in [4.78, 5) is 2.60. The summed E-state index contributed by atoms with van der Waals surface area (Å²) in [6.45, 7) is 6.13. The molecule has 0 aromatic heterocycles. The highest BCUT2D eigenvalue weighted by molar-refractivity contribution is 4.84. The Morgan fingerprint density at radius 3 is 3.17 bits per heavy atom. The number of rotatable bonds is 2. The zero-order valence-electron chi connectivity index (χ0n) is 8.05. The Hall–Kier alpha value is -0.0800. The molecule has 2 fully saturated rings. The van der Waals surface area contributed by atoms with E-state index in [2.05, 4.69) is 17.1 Å². The lowest BCUT2D eigenvalue weighted by atomic mass is 9.91. The van der Waals surface area contributed by atoms with Crippen molar-refractivity contribution in [2.24, 2.45) is 5.92 Å². The first kappa shape index (κ1) is 8.52. The molecule has 2 nitrogen and oxygen atoms in total. The number of fused-ring (bicyclic) bond motifs is 1. The molecule has 0 spiro atoms. The molecule has 12 heavy (non-hydrogen) atoms. The predicted octanol–water partition coefficient (Wildman–Crippen LogP) is 1.43. The van der Waals surface area contributed by atoms with Crippen LogP contribution in [0.5, 0.6) is 0 Å². The van der Waals surface area contributed by atoms with Gasteiger partial charge in [0.2, 0.25) is 0 Å². The van der Waals surface area contributed by atoms with E-state index in [-0.39, 0.29) is 0 Å². The molecule has 1 N–H and O–H groups in total. The maximum atomic E-state index is 3.57. The van der Waals surface area contributed by atoms with Crippen molar-refractivity contribution in [1.82, 2.24) is 10.2 Å². The molecule has 0 saturated carbocycles. The lowest BCUT2D eigenvalue weighted by Crippen LogP contribution is -2.42. The zero-order valence-corrected chi connectivity index (χ0v) is 8.05. The summed E-state index contributed by atoms with van der Waals surface area (Å²) in [6.07, 6.45) is 6.36. The lowest BCUT2D eigenvalue weighted by molar-refractivity contribution is 0.137. The third-order valence-electron chi connectivity index (χ3n) is 3.30. The molecule has 0 aromatic rings. The molecule has 0 aromatic carbocycles. The highest BCUT2D eigenvalue weighted by Crippen LogP contribution is 2.26. The van der Waals surface area contributed by atoms with Crippen molar-refractivity contribution in [2.75, 3.05) is 19.6 Å². The molecule has 2 rings (SSSR count). The standard InChI is InChI=1S/C10H20N2/c1-2-3-9-4-6-12-7-5-11-10(12)8-9/h9-11H,2-8H2,1H3. The van der Waals surface area contributed by atoms with E-state index in [1.54, 1.807) is 0 Å². The van der Waals surface area contributed by atoms with Crippen molar-refractivity contribution in [3.63, 3.8) is 0 Å². The summed E-state index contributed by atoms with van der Waals surface area (Å²) in [5.74, 6) is 1.00. The molecule has 2 aliphatic heterocycles.